The summed E-state index contributed by atoms with van der Waals surface area (Å²) in [5.41, 5.74) is 1.27. The van der Waals surface area contributed by atoms with E-state index in [-0.39, 0.29) is 6.10 Å². The van der Waals surface area contributed by atoms with Gasteiger partial charge in [0.25, 0.3) is 0 Å². The molecular weight excluding hydrogens is 198 g/mol. The quantitative estimate of drug-likeness (QED) is 0.821. The van der Waals surface area contributed by atoms with E-state index in [0.29, 0.717) is 12.1 Å². The Morgan fingerprint density at radius 1 is 1.06 bits per heavy atom. The SMILES string of the molecule is CC(C)N[C@@H](C)c1cccc(OC(C)C)c1. The average Bonchev–Trinajstić information content (AvgIpc) is 2.16. The second-order valence-electron chi connectivity index (χ2n) is 4.78. The fraction of sp³-hybridized carbons (Fsp3) is 0.571. The predicted molar refractivity (Wildman–Crippen MR) is 68.9 cm³/mol. The molecule has 0 heterocycles. The maximum Gasteiger partial charge on any atom is 0.120 e. The van der Waals surface area contributed by atoms with E-state index in [1.807, 2.05) is 26.0 Å². The van der Waals surface area contributed by atoms with E-state index in [9.17, 15) is 0 Å². The first-order valence-corrected chi connectivity index (χ1v) is 6.01. The zero-order chi connectivity index (χ0) is 12.1. The van der Waals surface area contributed by atoms with Gasteiger partial charge in [0.1, 0.15) is 5.75 Å². The molecule has 90 valence electrons. The molecule has 0 radical (unpaired) electrons. The summed E-state index contributed by atoms with van der Waals surface area (Å²) in [6.07, 6.45) is 0.226. The lowest BCUT2D eigenvalue weighted by Crippen LogP contribution is -2.26. The molecule has 0 saturated heterocycles. The van der Waals surface area contributed by atoms with E-state index >= 15 is 0 Å². The first-order valence-electron chi connectivity index (χ1n) is 6.01. The van der Waals surface area contributed by atoms with Crippen LogP contribution in [0.1, 0.15) is 46.2 Å². The minimum absolute atomic E-state index is 0.226. The minimum atomic E-state index is 0.226. The van der Waals surface area contributed by atoms with Crippen LogP contribution in [-0.2, 0) is 0 Å². The zero-order valence-corrected chi connectivity index (χ0v) is 10.9. The van der Waals surface area contributed by atoms with Gasteiger partial charge in [0, 0.05) is 12.1 Å². The summed E-state index contributed by atoms with van der Waals surface area (Å²) in [5.74, 6) is 0.949. The van der Waals surface area contributed by atoms with Crippen molar-refractivity contribution >= 4 is 0 Å². The first kappa shape index (κ1) is 13.0. The summed E-state index contributed by atoms with van der Waals surface area (Å²) in [6.45, 7) is 10.6. The van der Waals surface area contributed by atoms with Crippen LogP contribution in [-0.4, -0.2) is 12.1 Å². The molecule has 2 heteroatoms. The van der Waals surface area contributed by atoms with Crippen LogP contribution < -0.4 is 10.1 Å². The molecule has 1 N–H and O–H groups in total. The Balaban J connectivity index is 2.73. The van der Waals surface area contributed by atoms with Crippen molar-refractivity contribution in [1.29, 1.82) is 0 Å². The summed E-state index contributed by atoms with van der Waals surface area (Å²) in [5, 5.41) is 3.48. The Morgan fingerprint density at radius 2 is 1.75 bits per heavy atom. The molecule has 0 fully saturated rings. The van der Waals surface area contributed by atoms with E-state index in [1.165, 1.54) is 5.56 Å². The van der Waals surface area contributed by atoms with Crippen LogP contribution in [0, 0.1) is 0 Å². The van der Waals surface area contributed by atoms with Crippen LogP contribution in [0.15, 0.2) is 24.3 Å². The highest BCUT2D eigenvalue weighted by Gasteiger charge is 2.07. The van der Waals surface area contributed by atoms with Crippen LogP contribution in [0.3, 0.4) is 0 Å². The number of nitrogens with one attached hydrogen (secondary N) is 1. The maximum atomic E-state index is 5.68. The fourth-order valence-corrected chi connectivity index (χ4v) is 1.73. The van der Waals surface area contributed by atoms with Gasteiger partial charge in [0.05, 0.1) is 6.10 Å². The van der Waals surface area contributed by atoms with Gasteiger partial charge >= 0.3 is 0 Å². The molecule has 0 aromatic heterocycles. The summed E-state index contributed by atoms with van der Waals surface area (Å²) >= 11 is 0. The second kappa shape index (κ2) is 5.90. The summed E-state index contributed by atoms with van der Waals surface area (Å²) < 4.78 is 5.68. The minimum Gasteiger partial charge on any atom is -0.491 e. The van der Waals surface area contributed by atoms with Crippen molar-refractivity contribution in [3.05, 3.63) is 29.8 Å². The third kappa shape index (κ3) is 4.23. The molecule has 0 aliphatic heterocycles. The van der Waals surface area contributed by atoms with Gasteiger partial charge < -0.3 is 10.1 Å². The molecule has 0 amide bonds. The van der Waals surface area contributed by atoms with Crippen molar-refractivity contribution in [3.63, 3.8) is 0 Å². The Kier molecular flexibility index (Phi) is 4.81. The molecule has 0 unspecified atom stereocenters. The molecule has 1 aromatic carbocycles. The van der Waals surface area contributed by atoms with Gasteiger partial charge in [-0.15, -0.1) is 0 Å². The largest absolute Gasteiger partial charge is 0.491 e. The number of ether oxygens (including phenoxy) is 1. The molecule has 0 saturated carbocycles. The van der Waals surface area contributed by atoms with Crippen LogP contribution >= 0.6 is 0 Å². The van der Waals surface area contributed by atoms with Gasteiger partial charge in [-0.3, -0.25) is 0 Å². The standard InChI is InChI=1S/C14H23NO/c1-10(2)15-12(5)13-7-6-8-14(9-13)16-11(3)4/h6-12,15H,1-5H3/t12-/m0/s1. The summed E-state index contributed by atoms with van der Waals surface area (Å²) in [7, 11) is 0. The molecular formula is C14H23NO. The monoisotopic (exact) mass is 221 g/mol. The lowest BCUT2D eigenvalue weighted by molar-refractivity contribution is 0.242. The smallest absolute Gasteiger partial charge is 0.120 e. The van der Waals surface area contributed by atoms with E-state index in [0.717, 1.165) is 5.75 Å². The van der Waals surface area contributed by atoms with Gasteiger partial charge in [-0.2, -0.15) is 0 Å². The third-order valence-electron chi connectivity index (χ3n) is 2.31. The van der Waals surface area contributed by atoms with Gasteiger partial charge in [-0.05, 0) is 38.5 Å². The Bertz CT molecular complexity index is 320. The van der Waals surface area contributed by atoms with Crippen molar-refractivity contribution in [3.8, 4) is 5.75 Å². The van der Waals surface area contributed by atoms with Crippen LogP contribution in [0.5, 0.6) is 5.75 Å². The third-order valence-corrected chi connectivity index (χ3v) is 2.31. The van der Waals surface area contributed by atoms with Crippen LogP contribution in [0.2, 0.25) is 0 Å². The van der Waals surface area contributed by atoms with Gasteiger partial charge in [0.15, 0.2) is 0 Å². The molecule has 0 aliphatic carbocycles. The molecule has 2 nitrogen and oxygen atoms in total. The topological polar surface area (TPSA) is 21.3 Å². The maximum absolute atomic E-state index is 5.68. The predicted octanol–water partition coefficient (Wildman–Crippen LogP) is 3.53. The first-order chi connectivity index (χ1) is 7.49. The molecule has 0 spiro atoms. The number of hydrogen-bond acceptors (Lipinski definition) is 2. The normalized spacial score (nSPS) is 13.2. The van der Waals surface area contributed by atoms with Crippen molar-refractivity contribution in [2.45, 2.75) is 52.8 Å². The van der Waals surface area contributed by atoms with Crippen molar-refractivity contribution in [1.82, 2.24) is 5.32 Å². The van der Waals surface area contributed by atoms with Gasteiger partial charge in [0.2, 0.25) is 0 Å². The molecule has 1 aromatic rings. The fourth-order valence-electron chi connectivity index (χ4n) is 1.73. The van der Waals surface area contributed by atoms with Crippen molar-refractivity contribution in [2.75, 3.05) is 0 Å². The Hall–Kier alpha value is -1.02. The van der Waals surface area contributed by atoms with Crippen LogP contribution in [0.25, 0.3) is 0 Å². The number of rotatable bonds is 5. The van der Waals surface area contributed by atoms with E-state index in [2.05, 4.69) is 38.2 Å². The molecule has 0 aliphatic rings. The Morgan fingerprint density at radius 3 is 2.31 bits per heavy atom. The molecule has 0 bridgehead atoms. The molecule has 1 atom stereocenters. The van der Waals surface area contributed by atoms with Crippen molar-refractivity contribution < 1.29 is 4.74 Å². The highest BCUT2D eigenvalue weighted by molar-refractivity contribution is 5.30. The zero-order valence-electron chi connectivity index (χ0n) is 10.9. The highest BCUT2D eigenvalue weighted by Crippen LogP contribution is 2.20. The molecule has 1 rings (SSSR count). The second-order valence-corrected chi connectivity index (χ2v) is 4.78. The van der Waals surface area contributed by atoms with E-state index in [1.54, 1.807) is 0 Å². The van der Waals surface area contributed by atoms with E-state index in [4.69, 9.17) is 4.74 Å². The molecule has 16 heavy (non-hydrogen) atoms. The lowest BCUT2D eigenvalue weighted by Gasteiger charge is -2.18. The number of hydrogen-bond donors (Lipinski definition) is 1. The highest BCUT2D eigenvalue weighted by atomic mass is 16.5. The van der Waals surface area contributed by atoms with Gasteiger partial charge in [-0.25, -0.2) is 0 Å². The average molecular weight is 221 g/mol. The van der Waals surface area contributed by atoms with Crippen molar-refractivity contribution in [2.24, 2.45) is 0 Å². The number of benzene rings is 1. The van der Waals surface area contributed by atoms with Gasteiger partial charge in [-0.1, -0.05) is 26.0 Å². The summed E-state index contributed by atoms with van der Waals surface area (Å²) in [4.78, 5) is 0. The lowest BCUT2D eigenvalue weighted by atomic mass is 10.1. The summed E-state index contributed by atoms with van der Waals surface area (Å²) in [6, 6.07) is 9.14. The Labute approximate surface area is 99.0 Å². The van der Waals surface area contributed by atoms with E-state index < -0.39 is 0 Å². The van der Waals surface area contributed by atoms with Crippen LogP contribution in [0.4, 0.5) is 0 Å².